The van der Waals surface area contributed by atoms with E-state index in [9.17, 15) is 4.79 Å². The van der Waals surface area contributed by atoms with E-state index in [1.807, 2.05) is 18.4 Å². The highest BCUT2D eigenvalue weighted by Gasteiger charge is 2.15. The van der Waals surface area contributed by atoms with Crippen LogP contribution in [-0.2, 0) is 4.79 Å². The van der Waals surface area contributed by atoms with Crippen LogP contribution >= 0.6 is 0 Å². The van der Waals surface area contributed by atoms with E-state index < -0.39 is 12.0 Å². The summed E-state index contributed by atoms with van der Waals surface area (Å²) in [7, 11) is 0. The number of carbonyl (C=O) groups is 1. The zero-order chi connectivity index (χ0) is 12.6. The number of carboxylic acid groups (broad SMARTS) is 1. The first-order valence-electron chi connectivity index (χ1n) is 5.45. The Morgan fingerprint density at radius 3 is 2.76 bits per heavy atom. The summed E-state index contributed by atoms with van der Waals surface area (Å²) < 4.78 is 1.99. The van der Waals surface area contributed by atoms with Crippen LogP contribution in [0.25, 0.3) is 11.0 Å². The van der Waals surface area contributed by atoms with Crippen LogP contribution < -0.4 is 5.73 Å². The zero-order valence-corrected chi connectivity index (χ0v) is 9.79. The van der Waals surface area contributed by atoms with Crippen LogP contribution in [0.15, 0.2) is 24.5 Å². The molecular weight excluding hydrogens is 218 g/mol. The minimum Gasteiger partial charge on any atom is -0.480 e. The van der Waals surface area contributed by atoms with E-state index in [0.717, 1.165) is 11.0 Å². The second-order valence-electron chi connectivity index (χ2n) is 4.31. The standard InChI is InChI=1S/C12H15N3O2/c1-7(2)15-6-14-9-4-3-8(5-10(9)15)11(13)12(16)17/h3-7,11H,13H2,1-2H3,(H,16,17). The Morgan fingerprint density at radius 1 is 1.47 bits per heavy atom. The molecule has 0 bridgehead atoms. The molecule has 1 atom stereocenters. The maximum Gasteiger partial charge on any atom is 0.325 e. The molecule has 0 fully saturated rings. The fourth-order valence-electron chi connectivity index (χ4n) is 1.79. The average Bonchev–Trinajstić information content (AvgIpc) is 2.70. The van der Waals surface area contributed by atoms with Gasteiger partial charge in [-0.15, -0.1) is 0 Å². The number of nitrogens with zero attached hydrogens (tertiary/aromatic N) is 2. The molecule has 2 rings (SSSR count). The number of aliphatic carboxylic acids is 1. The van der Waals surface area contributed by atoms with Crippen LogP contribution in [0.2, 0.25) is 0 Å². The molecule has 0 aliphatic rings. The molecule has 1 aromatic heterocycles. The van der Waals surface area contributed by atoms with Gasteiger partial charge in [-0.1, -0.05) is 6.07 Å². The van der Waals surface area contributed by atoms with Gasteiger partial charge in [0, 0.05) is 6.04 Å². The molecule has 1 heterocycles. The number of aromatic nitrogens is 2. The van der Waals surface area contributed by atoms with Gasteiger partial charge in [-0.05, 0) is 31.5 Å². The van der Waals surface area contributed by atoms with Crippen molar-refractivity contribution in [3.63, 3.8) is 0 Å². The van der Waals surface area contributed by atoms with Crippen LogP contribution in [0.1, 0.15) is 31.5 Å². The zero-order valence-electron chi connectivity index (χ0n) is 9.79. The number of imidazole rings is 1. The highest BCUT2D eigenvalue weighted by Crippen LogP contribution is 2.21. The molecule has 5 heteroatoms. The molecule has 0 radical (unpaired) electrons. The molecule has 17 heavy (non-hydrogen) atoms. The minimum absolute atomic E-state index is 0.274. The Hall–Kier alpha value is -1.88. The van der Waals surface area contributed by atoms with Gasteiger partial charge in [-0.25, -0.2) is 4.98 Å². The topological polar surface area (TPSA) is 81.1 Å². The smallest absolute Gasteiger partial charge is 0.325 e. The Morgan fingerprint density at radius 2 is 2.18 bits per heavy atom. The van der Waals surface area contributed by atoms with Crippen LogP contribution in [0.4, 0.5) is 0 Å². The second-order valence-corrected chi connectivity index (χ2v) is 4.31. The van der Waals surface area contributed by atoms with Crippen molar-refractivity contribution >= 4 is 17.0 Å². The second kappa shape index (κ2) is 4.18. The summed E-state index contributed by atoms with van der Waals surface area (Å²) in [6, 6.07) is 4.58. The summed E-state index contributed by atoms with van der Waals surface area (Å²) in [5, 5.41) is 8.89. The molecular formula is C12H15N3O2. The van der Waals surface area contributed by atoms with Crippen LogP contribution in [-0.4, -0.2) is 20.6 Å². The molecule has 0 amide bonds. The Labute approximate surface area is 98.9 Å². The van der Waals surface area contributed by atoms with E-state index in [-0.39, 0.29) is 6.04 Å². The SMILES string of the molecule is CC(C)n1cnc2ccc(C(N)C(=O)O)cc21. The highest BCUT2D eigenvalue weighted by atomic mass is 16.4. The van der Waals surface area contributed by atoms with Crippen molar-refractivity contribution in [3.8, 4) is 0 Å². The predicted octanol–water partition coefficient (Wildman–Crippen LogP) is 1.70. The van der Waals surface area contributed by atoms with E-state index >= 15 is 0 Å². The van der Waals surface area contributed by atoms with Crippen molar-refractivity contribution in [1.82, 2.24) is 9.55 Å². The van der Waals surface area contributed by atoms with Crippen molar-refractivity contribution in [2.24, 2.45) is 5.73 Å². The quantitative estimate of drug-likeness (QED) is 0.845. The molecule has 90 valence electrons. The fourth-order valence-corrected chi connectivity index (χ4v) is 1.79. The van der Waals surface area contributed by atoms with E-state index in [1.165, 1.54) is 0 Å². The van der Waals surface area contributed by atoms with E-state index in [1.54, 1.807) is 24.5 Å². The largest absolute Gasteiger partial charge is 0.480 e. The van der Waals surface area contributed by atoms with Gasteiger partial charge in [-0.2, -0.15) is 0 Å². The number of carboxylic acids is 1. The molecule has 3 N–H and O–H groups in total. The molecule has 0 spiro atoms. The van der Waals surface area contributed by atoms with Gasteiger partial charge < -0.3 is 15.4 Å². The van der Waals surface area contributed by atoms with E-state index in [2.05, 4.69) is 4.98 Å². The number of hydrogen-bond acceptors (Lipinski definition) is 3. The van der Waals surface area contributed by atoms with Crippen LogP contribution in [0.5, 0.6) is 0 Å². The first kappa shape index (κ1) is 11.6. The Bertz CT molecular complexity index is 560. The lowest BCUT2D eigenvalue weighted by Crippen LogP contribution is -2.20. The lowest BCUT2D eigenvalue weighted by atomic mass is 10.1. The van der Waals surface area contributed by atoms with Gasteiger partial charge in [-0.3, -0.25) is 4.79 Å². The third-order valence-electron chi connectivity index (χ3n) is 2.78. The fraction of sp³-hybridized carbons (Fsp3) is 0.333. The average molecular weight is 233 g/mol. The molecule has 0 aliphatic carbocycles. The first-order valence-corrected chi connectivity index (χ1v) is 5.45. The predicted molar refractivity (Wildman–Crippen MR) is 64.7 cm³/mol. The van der Waals surface area contributed by atoms with Gasteiger partial charge >= 0.3 is 5.97 Å². The Balaban J connectivity index is 2.55. The molecule has 1 aromatic carbocycles. The number of fused-ring (bicyclic) bond motifs is 1. The van der Waals surface area contributed by atoms with Crippen molar-refractivity contribution in [3.05, 3.63) is 30.1 Å². The lowest BCUT2D eigenvalue weighted by molar-refractivity contribution is -0.138. The van der Waals surface area contributed by atoms with Crippen LogP contribution in [0.3, 0.4) is 0 Å². The van der Waals surface area contributed by atoms with Gasteiger partial charge in [0.05, 0.1) is 17.4 Å². The van der Waals surface area contributed by atoms with Crippen molar-refractivity contribution < 1.29 is 9.90 Å². The maximum absolute atomic E-state index is 10.8. The van der Waals surface area contributed by atoms with E-state index in [4.69, 9.17) is 10.8 Å². The normalized spacial score (nSPS) is 13.2. The minimum atomic E-state index is -1.03. The van der Waals surface area contributed by atoms with Gasteiger partial charge in [0.25, 0.3) is 0 Å². The third-order valence-corrected chi connectivity index (χ3v) is 2.78. The van der Waals surface area contributed by atoms with Crippen LogP contribution in [0, 0.1) is 0 Å². The van der Waals surface area contributed by atoms with E-state index in [0.29, 0.717) is 5.56 Å². The van der Waals surface area contributed by atoms with Gasteiger partial charge in [0.2, 0.25) is 0 Å². The molecule has 2 aromatic rings. The molecule has 0 saturated carbocycles. The summed E-state index contributed by atoms with van der Waals surface area (Å²) in [5.41, 5.74) is 7.94. The first-order chi connectivity index (χ1) is 8.00. The van der Waals surface area contributed by atoms with Gasteiger partial charge in [0.1, 0.15) is 6.04 Å². The maximum atomic E-state index is 10.8. The number of hydrogen-bond donors (Lipinski definition) is 2. The summed E-state index contributed by atoms with van der Waals surface area (Å²) in [6.07, 6.45) is 1.76. The molecule has 5 nitrogen and oxygen atoms in total. The number of rotatable bonds is 3. The number of nitrogens with two attached hydrogens (primary N) is 1. The van der Waals surface area contributed by atoms with Crippen molar-refractivity contribution in [2.45, 2.75) is 25.9 Å². The van der Waals surface area contributed by atoms with Crippen molar-refractivity contribution in [2.75, 3.05) is 0 Å². The number of benzene rings is 1. The summed E-state index contributed by atoms with van der Waals surface area (Å²) in [6.45, 7) is 4.09. The van der Waals surface area contributed by atoms with Crippen molar-refractivity contribution in [1.29, 1.82) is 0 Å². The molecule has 0 saturated heterocycles. The summed E-state index contributed by atoms with van der Waals surface area (Å²) in [4.78, 5) is 15.1. The molecule has 0 aliphatic heterocycles. The third kappa shape index (κ3) is 2.01. The summed E-state index contributed by atoms with van der Waals surface area (Å²) >= 11 is 0. The Kier molecular flexibility index (Phi) is 2.85. The summed E-state index contributed by atoms with van der Waals surface area (Å²) in [5.74, 6) is -1.03. The highest BCUT2D eigenvalue weighted by molar-refractivity contribution is 5.80. The monoisotopic (exact) mass is 233 g/mol. The lowest BCUT2D eigenvalue weighted by Gasteiger charge is -2.10. The van der Waals surface area contributed by atoms with Gasteiger partial charge in [0.15, 0.2) is 0 Å². The molecule has 1 unspecified atom stereocenters.